The van der Waals surface area contributed by atoms with Crippen molar-refractivity contribution in [3.05, 3.63) is 35.9 Å². The minimum Gasteiger partial charge on any atom is -0.298 e. The van der Waals surface area contributed by atoms with Crippen LogP contribution < -0.4 is 0 Å². The van der Waals surface area contributed by atoms with Gasteiger partial charge in [0.25, 0.3) is 0 Å². The molecule has 0 fully saturated rings. The van der Waals surface area contributed by atoms with Crippen LogP contribution in [0.4, 0.5) is 0 Å². The predicted molar refractivity (Wildman–Crippen MR) is 59.8 cm³/mol. The number of hydrogen-bond donors (Lipinski definition) is 2. The van der Waals surface area contributed by atoms with Crippen LogP contribution >= 0.6 is 0 Å². The molecule has 0 saturated carbocycles. The average molecular weight is 187 g/mol. The van der Waals surface area contributed by atoms with Gasteiger partial charge in [0.1, 0.15) is 5.84 Å². The van der Waals surface area contributed by atoms with Crippen LogP contribution in [0.2, 0.25) is 0 Å². The summed E-state index contributed by atoms with van der Waals surface area (Å²) in [5, 5.41) is 15.0. The number of hydrogen-bond acceptors (Lipinski definition) is 2. The lowest BCUT2D eigenvalue weighted by Crippen LogP contribution is -2.11. The fourth-order valence-corrected chi connectivity index (χ4v) is 1.12. The van der Waals surface area contributed by atoms with E-state index in [4.69, 9.17) is 10.8 Å². The summed E-state index contributed by atoms with van der Waals surface area (Å²) in [6.45, 7) is 3.34. The first-order chi connectivity index (χ1) is 6.61. The Morgan fingerprint density at radius 1 is 1.07 bits per heavy atom. The van der Waals surface area contributed by atoms with E-state index in [1.54, 1.807) is 13.8 Å². The van der Waals surface area contributed by atoms with Gasteiger partial charge in [0, 0.05) is 5.56 Å². The molecule has 0 unspecified atom stereocenters. The molecule has 0 aromatic heterocycles. The number of nitrogens with one attached hydrogen (secondary N) is 2. The first kappa shape index (κ1) is 10.3. The number of amidine groups is 1. The van der Waals surface area contributed by atoms with E-state index in [1.807, 2.05) is 30.3 Å². The molecule has 0 heterocycles. The van der Waals surface area contributed by atoms with Gasteiger partial charge in [0.15, 0.2) is 0 Å². The molecule has 0 aliphatic rings. The van der Waals surface area contributed by atoms with Gasteiger partial charge in [-0.2, -0.15) is 0 Å². The van der Waals surface area contributed by atoms with Gasteiger partial charge >= 0.3 is 0 Å². The quantitative estimate of drug-likeness (QED) is 0.528. The zero-order chi connectivity index (χ0) is 10.6. The number of rotatable bonds is 2. The second kappa shape index (κ2) is 4.46. The van der Waals surface area contributed by atoms with Crippen molar-refractivity contribution in [3.8, 4) is 0 Å². The van der Waals surface area contributed by atoms with E-state index in [0.29, 0.717) is 11.4 Å². The monoisotopic (exact) mass is 187 g/mol. The summed E-state index contributed by atoms with van der Waals surface area (Å²) in [4.78, 5) is 3.93. The van der Waals surface area contributed by atoms with Gasteiger partial charge in [-0.3, -0.25) is 10.8 Å². The summed E-state index contributed by atoms with van der Waals surface area (Å²) in [6.07, 6.45) is 0. The first-order valence-electron chi connectivity index (χ1n) is 4.36. The van der Waals surface area contributed by atoms with Crippen molar-refractivity contribution < 1.29 is 0 Å². The molecular weight excluding hydrogens is 174 g/mol. The molecule has 0 bridgehead atoms. The molecule has 3 heteroatoms. The summed E-state index contributed by atoms with van der Waals surface area (Å²) in [5.41, 5.74) is 1.77. The molecule has 0 radical (unpaired) electrons. The third kappa shape index (κ3) is 2.62. The van der Waals surface area contributed by atoms with E-state index < -0.39 is 0 Å². The molecule has 0 atom stereocenters. The van der Waals surface area contributed by atoms with Gasteiger partial charge in [0.2, 0.25) is 0 Å². The van der Waals surface area contributed by atoms with Crippen LogP contribution in [0, 0.1) is 10.8 Å². The van der Waals surface area contributed by atoms with Gasteiger partial charge in [-0.1, -0.05) is 30.3 Å². The van der Waals surface area contributed by atoms with E-state index in [0.717, 1.165) is 5.56 Å². The maximum atomic E-state index is 7.80. The fourth-order valence-electron chi connectivity index (χ4n) is 1.12. The van der Waals surface area contributed by atoms with Crippen molar-refractivity contribution in [2.24, 2.45) is 4.99 Å². The van der Waals surface area contributed by atoms with Crippen molar-refractivity contribution in [3.63, 3.8) is 0 Å². The van der Waals surface area contributed by atoms with E-state index >= 15 is 0 Å². The summed E-state index contributed by atoms with van der Waals surface area (Å²) in [7, 11) is 0. The molecular formula is C11H13N3. The van der Waals surface area contributed by atoms with Crippen LogP contribution in [0.3, 0.4) is 0 Å². The van der Waals surface area contributed by atoms with Crippen molar-refractivity contribution in [2.45, 2.75) is 13.8 Å². The molecule has 14 heavy (non-hydrogen) atoms. The first-order valence-corrected chi connectivity index (χ1v) is 4.36. The van der Waals surface area contributed by atoms with Gasteiger partial charge in [-0.25, -0.2) is 4.99 Å². The third-order valence-corrected chi connectivity index (χ3v) is 1.76. The largest absolute Gasteiger partial charge is 0.298 e. The minimum atomic E-state index is 0.225. The third-order valence-electron chi connectivity index (χ3n) is 1.76. The Morgan fingerprint density at radius 2 is 1.64 bits per heavy atom. The molecule has 2 N–H and O–H groups in total. The Hall–Kier alpha value is -1.77. The SMILES string of the molecule is CC(=N)N=C(C)C(=N)c1ccccc1. The number of nitrogens with zero attached hydrogens (tertiary/aromatic N) is 1. The number of benzene rings is 1. The molecule has 0 amide bonds. The Labute approximate surface area is 83.5 Å². The van der Waals surface area contributed by atoms with E-state index in [2.05, 4.69) is 4.99 Å². The Balaban J connectivity index is 2.92. The minimum absolute atomic E-state index is 0.225. The van der Waals surface area contributed by atoms with Gasteiger partial charge in [-0.05, 0) is 13.8 Å². The van der Waals surface area contributed by atoms with Crippen LogP contribution in [-0.2, 0) is 0 Å². The van der Waals surface area contributed by atoms with Crippen molar-refractivity contribution in [2.75, 3.05) is 0 Å². The number of aliphatic imine (C=N–C) groups is 1. The van der Waals surface area contributed by atoms with Crippen LogP contribution in [-0.4, -0.2) is 17.3 Å². The van der Waals surface area contributed by atoms with Gasteiger partial charge < -0.3 is 0 Å². The smallest absolute Gasteiger partial charge is 0.117 e. The highest BCUT2D eigenvalue weighted by Gasteiger charge is 2.03. The summed E-state index contributed by atoms with van der Waals surface area (Å²) >= 11 is 0. The molecule has 3 nitrogen and oxygen atoms in total. The Bertz CT molecular complexity index is 377. The summed E-state index contributed by atoms with van der Waals surface area (Å²) in [6, 6.07) is 9.40. The van der Waals surface area contributed by atoms with Gasteiger partial charge in [0.05, 0.1) is 11.4 Å². The molecule has 0 saturated heterocycles. The standard InChI is InChI=1S/C11H13N3/c1-8(14-9(2)12)11(13)10-6-4-3-5-7-10/h3-7,12-13H,1-2H3. The topological polar surface area (TPSA) is 60.1 Å². The molecule has 0 aliphatic carbocycles. The molecule has 0 spiro atoms. The molecule has 1 rings (SSSR count). The molecule has 0 aliphatic heterocycles. The second-order valence-electron chi connectivity index (χ2n) is 3.02. The normalized spacial score (nSPS) is 11.1. The van der Waals surface area contributed by atoms with Crippen molar-refractivity contribution in [1.29, 1.82) is 10.8 Å². The van der Waals surface area contributed by atoms with Crippen LogP contribution in [0.5, 0.6) is 0 Å². The summed E-state index contributed by atoms with van der Waals surface area (Å²) in [5.74, 6) is 0.225. The van der Waals surface area contributed by atoms with Crippen molar-refractivity contribution >= 4 is 17.3 Å². The predicted octanol–water partition coefficient (Wildman–Crippen LogP) is 2.51. The van der Waals surface area contributed by atoms with E-state index in [9.17, 15) is 0 Å². The molecule has 1 aromatic carbocycles. The lowest BCUT2D eigenvalue weighted by molar-refractivity contribution is 1.40. The zero-order valence-electron chi connectivity index (χ0n) is 8.33. The molecule has 72 valence electrons. The average Bonchev–Trinajstić information content (AvgIpc) is 2.17. The zero-order valence-corrected chi connectivity index (χ0v) is 8.33. The van der Waals surface area contributed by atoms with Gasteiger partial charge in [-0.15, -0.1) is 0 Å². The summed E-state index contributed by atoms with van der Waals surface area (Å²) < 4.78 is 0. The second-order valence-corrected chi connectivity index (χ2v) is 3.02. The lowest BCUT2D eigenvalue weighted by atomic mass is 10.1. The van der Waals surface area contributed by atoms with E-state index in [1.165, 1.54) is 0 Å². The fraction of sp³-hybridized carbons (Fsp3) is 0.182. The van der Waals surface area contributed by atoms with E-state index in [-0.39, 0.29) is 5.84 Å². The van der Waals surface area contributed by atoms with Crippen LogP contribution in [0.25, 0.3) is 0 Å². The Kier molecular flexibility index (Phi) is 3.29. The highest BCUT2D eigenvalue weighted by Crippen LogP contribution is 2.01. The van der Waals surface area contributed by atoms with Crippen LogP contribution in [0.1, 0.15) is 19.4 Å². The Morgan fingerprint density at radius 3 is 2.14 bits per heavy atom. The van der Waals surface area contributed by atoms with Crippen molar-refractivity contribution in [1.82, 2.24) is 0 Å². The molecule has 1 aromatic rings. The maximum Gasteiger partial charge on any atom is 0.117 e. The van der Waals surface area contributed by atoms with Crippen LogP contribution in [0.15, 0.2) is 35.3 Å². The maximum absolute atomic E-state index is 7.80. The highest BCUT2D eigenvalue weighted by molar-refractivity contribution is 6.47. The lowest BCUT2D eigenvalue weighted by Gasteiger charge is -2.02. The highest BCUT2D eigenvalue weighted by atomic mass is 14.8.